The van der Waals surface area contributed by atoms with E-state index in [0.717, 1.165) is 10.5 Å². The zero-order valence-corrected chi connectivity index (χ0v) is 11.6. The third kappa shape index (κ3) is 2.52. The van der Waals surface area contributed by atoms with Crippen LogP contribution in [0.1, 0.15) is 15.9 Å². The molecule has 21 heavy (non-hydrogen) atoms. The number of nitrogens with zero attached hydrogens (tertiary/aromatic N) is 3. The van der Waals surface area contributed by atoms with Crippen molar-refractivity contribution in [2.75, 3.05) is 5.73 Å². The molecule has 0 radical (unpaired) electrons. The van der Waals surface area contributed by atoms with Gasteiger partial charge in [0.2, 0.25) is 0 Å². The molecule has 0 aliphatic heterocycles. The fourth-order valence-corrected chi connectivity index (χ4v) is 2.95. The Balaban J connectivity index is 1.90. The number of hydrogen-bond donors (Lipinski definition) is 3. The summed E-state index contributed by atoms with van der Waals surface area (Å²) in [6.07, 6.45) is 2.98. The first-order chi connectivity index (χ1) is 10.2. The molecule has 0 saturated heterocycles. The molecule has 1 aromatic carbocycles. The van der Waals surface area contributed by atoms with Gasteiger partial charge in [-0.15, -0.1) is 0 Å². The van der Waals surface area contributed by atoms with Crippen molar-refractivity contribution in [2.45, 2.75) is 10.8 Å². The van der Waals surface area contributed by atoms with Crippen molar-refractivity contribution in [1.29, 1.82) is 0 Å². The van der Waals surface area contributed by atoms with E-state index < -0.39 is 5.97 Å². The Morgan fingerprint density at radius 2 is 2.19 bits per heavy atom. The second-order valence-corrected chi connectivity index (χ2v) is 5.22. The number of H-pyrrole nitrogens is 1. The Hall–Kier alpha value is -2.61. The summed E-state index contributed by atoms with van der Waals surface area (Å²) >= 11 is 1.41. The van der Waals surface area contributed by atoms with Crippen LogP contribution in [0, 0.1) is 0 Å². The van der Waals surface area contributed by atoms with Gasteiger partial charge in [-0.05, 0) is 11.6 Å². The third-order valence-electron chi connectivity index (χ3n) is 2.95. The molecule has 106 valence electrons. The summed E-state index contributed by atoms with van der Waals surface area (Å²) in [5.41, 5.74) is 8.10. The minimum atomic E-state index is -1.03. The lowest BCUT2D eigenvalue weighted by Crippen LogP contribution is -2.06. The fourth-order valence-electron chi connectivity index (χ4n) is 2.00. The number of nitrogens with two attached hydrogens (primary N) is 1. The zero-order valence-electron chi connectivity index (χ0n) is 10.8. The molecule has 0 saturated carbocycles. The number of imidazole rings is 1. The average molecular weight is 301 g/mol. The van der Waals surface area contributed by atoms with Gasteiger partial charge in [-0.25, -0.2) is 19.7 Å². The van der Waals surface area contributed by atoms with Crippen LogP contribution in [0.5, 0.6) is 0 Å². The van der Waals surface area contributed by atoms with Crippen LogP contribution in [0.3, 0.4) is 0 Å². The number of carboxylic acid groups (broad SMARTS) is 1. The van der Waals surface area contributed by atoms with Gasteiger partial charge < -0.3 is 15.8 Å². The molecule has 0 atom stereocenters. The number of nitrogens with one attached hydrogen (secondary N) is 1. The van der Waals surface area contributed by atoms with Gasteiger partial charge in [0, 0.05) is 11.4 Å². The van der Waals surface area contributed by atoms with Gasteiger partial charge in [0.05, 0.1) is 11.9 Å². The summed E-state index contributed by atoms with van der Waals surface area (Å²) < 4.78 is 0. The number of carboxylic acids is 1. The summed E-state index contributed by atoms with van der Waals surface area (Å²) in [6.45, 7) is 0. The van der Waals surface area contributed by atoms with Crippen LogP contribution in [0.4, 0.5) is 5.69 Å². The van der Waals surface area contributed by atoms with Crippen LogP contribution in [0.25, 0.3) is 11.2 Å². The number of nitrogen functional groups attached to an aromatic ring is 1. The quantitative estimate of drug-likeness (QED) is 0.383. The first-order valence-corrected chi connectivity index (χ1v) is 7.03. The van der Waals surface area contributed by atoms with Crippen molar-refractivity contribution in [2.24, 2.45) is 0 Å². The van der Waals surface area contributed by atoms with Crippen LogP contribution in [0.15, 0.2) is 35.9 Å². The summed E-state index contributed by atoms with van der Waals surface area (Å²) in [7, 11) is 0. The second kappa shape index (κ2) is 5.41. The number of aromatic carboxylic acids is 1. The van der Waals surface area contributed by atoms with Gasteiger partial charge in [-0.3, -0.25) is 0 Å². The fraction of sp³-hybridized carbons (Fsp3) is 0.0769. The maximum absolute atomic E-state index is 11.3. The van der Waals surface area contributed by atoms with Gasteiger partial charge in [0.1, 0.15) is 16.9 Å². The summed E-state index contributed by atoms with van der Waals surface area (Å²) in [6, 6.07) is 5.07. The largest absolute Gasteiger partial charge is 0.478 e. The number of aromatic amines is 1. The van der Waals surface area contributed by atoms with E-state index in [1.54, 1.807) is 24.5 Å². The minimum absolute atomic E-state index is 0.139. The van der Waals surface area contributed by atoms with E-state index in [0.29, 0.717) is 17.0 Å². The van der Waals surface area contributed by atoms with Crippen molar-refractivity contribution < 1.29 is 9.90 Å². The van der Waals surface area contributed by atoms with E-state index >= 15 is 0 Å². The molecule has 2 aromatic heterocycles. The lowest BCUT2D eigenvalue weighted by molar-refractivity contribution is 0.0697. The van der Waals surface area contributed by atoms with Crippen LogP contribution >= 0.6 is 11.8 Å². The van der Waals surface area contributed by atoms with Crippen molar-refractivity contribution in [1.82, 2.24) is 19.9 Å². The van der Waals surface area contributed by atoms with E-state index in [9.17, 15) is 9.90 Å². The molecule has 0 bridgehead atoms. The highest BCUT2D eigenvalue weighted by atomic mass is 32.2. The van der Waals surface area contributed by atoms with Gasteiger partial charge in [0.15, 0.2) is 5.65 Å². The maximum atomic E-state index is 11.3. The molecule has 4 N–H and O–H groups in total. The number of carbonyl (C=O) groups is 1. The second-order valence-electron chi connectivity index (χ2n) is 4.26. The lowest BCUT2D eigenvalue weighted by atomic mass is 10.1. The van der Waals surface area contributed by atoms with E-state index in [-0.39, 0.29) is 11.3 Å². The van der Waals surface area contributed by atoms with Crippen molar-refractivity contribution in [3.63, 3.8) is 0 Å². The molecule has 0 amide bonds. The van der Waals surface area contributed by atoms with Crippen LogP contribution in [-0.2, 0) is 5.75 Å². The summed E-state index contributed by atoms with van der Waals surface area (Å²) in [5.74, 6) is -0.587. The van der Waals surface area contributed by atoms with E-state index in [1.807, 2.05) is 0 Å². The van der Waals surface area contributed by atoms with Gasteiger partial charge >= 0.3 is 5.97 Å². The molecule has 3 aromatic rings. The van der Waals surface area contributed by atoms with Crippen molar-refractivity contribution >= 4 is 34.6 Å². The Bertz CT molecular complexity index is 817. The number of rotatable bonds is 4. The normalized spacial score (nSPS) is 10.9. The Kier molecular flexibility index (Phi) is 3.44. The first kappa shape index (κ1) is 13.4. The average Bonchev–Trinajstić information content (AvgIpc) is 2.93. The number of fused-ring (bicyclic) bond motifs is 1. The van der Waals surface area contributed by atoms with Crippen LogP contribution < -0.4 is 5.73 Å². The highest BCUT2D eigenvalue weighted by molar-refractivity contribution is 7.98. The predicted molar refractivity (Wildman–Crippen MR) is 79.1 cm³/mol. The highest BCUT2D eigenvalue weighted by Gasteiger charge is 2.15. The Labute approximate surface area is 123 Å². The molecule has 0 unspecified atom stereocenters. The van der Waals surface area contributed by atoms with Gasteiger partial charge in [-0.1, -0.05) is 23.9 Å². The molecule has 3 rings (SSSR count). The van der Waals surface area contributed by atoms with E-state index in [2.05, 4.69) is 19.9 Å². The number of thioether (sulfide) groups is 1. The van der Waals surface area contributed by atoms with Crippen LogP contribution in [0.2, 0.25) is 0 Å². The summed E-state index contributed by atoms with van der Waals surface area (Å²) in [5, 5.41) is 9.97. The summed E-state index contributed by atoms with van der Waals surface area (Å²) in [4.78, 5) is 26.6. The van der Waals surface area contributed by atoms with Crippen LogP contribution in [-0.4, -0.2) is 31.0 Å². The highest BCUT2D eigenvalue weighted by Crippen LogP contribution is 2.28. The minimum Gasteiger partial charge on any atom is -0.478 e. The predicted octanol–water partition coefficient (Wildman–Crippen LogP) is 1.93. The number of aromatic nitrogens is 4. The van der Waals surface area contributed by atoms with Gasteiger partial charge in [0.25, 0.3) is 0 Å². The lowest BCUT2D eigenvalue weighted by Gasteiger charge is -2.08. The van der Waals surface area contributed by atoms with Crippen molar-refractivity contribution in [3.05, 3.63) is 42.0 Å². The number of anilines is 1. The Morgan fingerprint density at radius 1 is 1.33 bits per heavy atom. The molecular weight excluding hydrogens is 290 g/mol. The SMILES string of the molecule is Nc1cccc(CSc2ncnc3nc[nH]c23)c1C(=O)O. The monoisotopic (exact) mass is 301 g/mol. The Morgan fingerprint density at radius 3 is 3.00 bits per heavy atom. The zero-order chi connectivity index (χ0) is 14.8. The van der Waals surface area contributed by atoms with E-state index in [1.165, 1.54) is 18.1 Å². The smallest absolute Gasteiger partial charge is 0.338 e. The molecule has 0 aliphatic rings. The molecule has 8 heteroatoms. The molecule has 7 nitrogen and oxygen atoms in total. The van der Waals surface area contributed by atoms with Crippen molar-refractivity contribution in [3.8, 4) is 0 Å². The molecular formula is C13H11N5O2S. The molecule has 2 heterocycles. The van der Waals surface area contributed by atoms with Gasteiger partial charge in [-0.2, -0.15) is 0 Å². The number of hydrogen-bond acceptors (Lipinski definition) is 6. The molecule has 0 spiro atoms. The molecule has 0 aliphatic carbocycles. The third-order valence-corrected chi connectivity index (χ3v) is 3.99. The molecule has 0 fully saturated rings. The van der Waals surface area contributed by atoms with E-state index in [4.69, 9.17) is 5.73 Å². The maximum Gasteiger partial charge on any atom is 0.338 e. The standard InChI is InChI=1S/C13H11N5O2S/c14-8-3-1-2-7(9(8)13(19)20)4-21-12-10-11(16-5-15-10)17-6-18-12/h1-3,5-6H,4,14H2,(H,19,20)(H,15,16,17,18). The number of benzene rings is 1. The first-order valence-electron chi connectivity index (χ1n) is 6.04. The topological polar surface area (TPSA) is 118 Å².